The van der Waals surface area contributed by atoms with Gasteiger partial charge in [0, 0.05) is 20.2 Å². The first-order valence-electron chi connectivity index (χ1n) is 12.4. The molecule has 6 nitrogen and oxygen atoms in total. The van der Waals surface area contributed by atoms with Crippen molar-refractivity contribution in [1.82, 2.24) is 20.2 Å². The standard InChI is InChI=1S/C26H26F9N5O/c1-23(41-3,17-5-4-6-17)21-8-7-18(24(27,28)29)11-16(21)14-40(22-36-38-39(2)37-22)13-15-9-19(25(30,31)32)12-20(10-15)26(33,34)35/h7-12,17H,4-6,13-14H2,1-3H3. The van der Waals surface area contributed by atoms with Crippen LogP contribution in [0.5, 0.6) is 0 Å². The third kappa shape index (κ3) is 6.60. The minimum Gasteiger partial charge on any atom is -0.374 e. The Hall–Kier alpha value is -3.36. The Kier molecular flexibility index (Phi) is 8.06. The number of aryl methyl sites for hydroxylation is 1. The van der Waals surface area contributed by atoms with Crippen LogP contribution in [0, 0.1) is 5.92 Å². The predicted molar refractivity (Wildman–Crippen MR) is 128 cm³/mol. The Bertz CT molecular complexity index is 1350. The molecule has 1 aliphatic carbocycles. The van der Waals surface area contributed by atoms with Gasteiger partial charge in [0.05, 0.1) is 29.3 Å². The number of ether oxygens (including phenoxy) is 1. The Morgan fingerprint density at radius 1 is 0.854 bits per heavy atom. The van der Waals surface area contributed by atoms with E-state index in [1.54, 1.807) is 6.92 Å². The lowest BCUT2D eigenvalue weighted by Crippen LogP contribution is -2.39. The molecular formula is C26H26F9N5O. The number of tetrazole rings is 1. The SMILES string of the molecule is COC(C)(c1ccc(C(F)(F)F)cc1CN(Cc1cc(C(F)(F)F)cc(C(F)(F)F)c1)c1nnn(C)n1)C1CCC1. The first kappa shape index (κ1) is 30.6. The summed E-state index contributed by atoms with van der Waals surface area (Å²) in [7, 11) is 2.82. The monoisotopic (exact) mass is 595 g/mol. The molecule has 1 aliphatic rings. The maximum absolute atomic E-state index is 13.7. The van der Waals surface area contributed by atoms with Crippen molar-refractivity contribution < 1.29 is 44.3 Å². The van der Waals surface area contributed by atoms with Crippen LogP contribution in [-0.4, -0.2) is 27.3 Å². The number of hydrogen-bond donors (Lipinski definition) is 0. The Morgan fingerprint density at radius 2 is 1.44 bits per heavy atom. The summed E-state index contributed by atoms with van der Waals surface area (Å²) >= 11 is 0. The second-order valence-corrected chi connectivity index (χ2v) is 10.2. The molecule has 4 rings (SSSR count). The number of alkyl halides is 9. The van der Waals surface area contributed by atoms with Crippen molar-refractivity contribution in [2.45, 2.75) is 63.4 Å². The van der Waals surface area contributed by atoms with Gasteiger partial charge in [-0.05, 0) is 77.9 Å². The number of nitrogens with zero attached hydrogens (tertiary/aromatic N) is 5. The molecule has 41 heavy (non-hydrogen) atoms. The molecule has 15 heteroatoms. The summed E-state index contributed by atoms with van der Waals surface area (Å²) in [5.41, 5.74) is -4.91. The highest BCUT2D eigenvalue weighted by atomic mass is 19.4. The molecular weight excluding hydrogens is 569 g/mol. The quantitative estimate of drug-likeness (QED) is 0.259. The first-order valence-corrected chi connectivity index (χ1v) is 12.4. The van der Waals surface area contributed by atoms with Gasteiger partial charge >= 0.3 is 18.5 Å². The van der Waals surface area contributed by atoms with Gasteiger partial charge in [-0.2, -0.15) is 44.3 Å². The summed E-state index contributed by atoms with van der Waals surface area (Å²) in [6.07, 6.45) is -12.4. The molecule has 3 aromatic rings. The predicted octanol–water partition coefficient (Wildman–Crippen LogP) is 7.14. The molecule has 0 aliphatic heterocycles. The number of aromatic nitrogens is 4. The van der Waals surface area contributed by atoms with Crippen LogP contribution in [0.25, 0.3) is 0 Å². The van der Waals surface area contributed by atoms with Gasteiger partial charge in [0.1, 0.15) is 0 Å². The smallest absolute Gasteiger partial charge is 0.374 e. The highest BCUT2D eigenvalue weighted by Gasteiger charge is 2.42. The Labute approximate surface area is 229 Å². The Balaban J connectivity index is 1.84. The van der Waals surface area contributed by atoms with Crippen molar-refractivity contribution in [1.29, 1.82) is 0 Å². The summed E-state index contributed by atoms with van der Waals surface area (Å²) in [4.78, 5) is 2.19. The van der Waals surface area contributed by atoms with Gasteiger partial charge in [-0.1, -0.05) is 17.6 Å². The van der Waals surface area contributed by atoms with Gasteiger partial charge in [-0.3, -0.25) is 0 Å². The molecule has 0 saturated heterocycles. The van der Waals surface area contributed by atoms with E-state index in [1.165, 1.54) is 25.1 Å². The van der Waals surface area contributed by atoms with Crippen molar-refractivity contribution >= 4 is 5.95 Å². The largest absolute Gasteiger partial charge is 0.416 e. The lowest BCUT2D eigenvalue weighted by molar-refractivity contribution is -0.143. The second kappa shape index (κ2) is 10.8. The number of halogens is 9. The Morgan fingerprint density at radius 3 is 1.88 bits per heavy atom. The van der Waals surface area contributed by atoms with E-state index >= 15 is 0 Å². The molecule has 0 amide bonds. The van der Waals surface area contributed by atoms with E-state index in [4.69, 9.17) is 4.74 Å². The summed E-state index contributed by atoms with van der Waals surface area (Å²) in [5, 5.41) is 11.5. The average Bonchev–Trinajstić information content (AvgIpc) is 3.26. The van der Waals surface area contributed by atoms with Crippen LogP contribution in [0.3, 0.4) is 0 Å². The molecule has 1 fully saturated rings. The van der Waals surface area contributed by atoms with E-state index in [0.717, 1.165) is 36.2 Å². The third-order valence-corrected chi connectivity index (χ3v) is 7.44. The van der Waals surface area contributed by atoms with Crippen molar-refractivity contribution in [3.05, 3.63) is 69.8 Å². The van der Waals surface area contributed by atoms with Crippen LogP contribution in [0.1, 0.15) is 59.6 Å². The van der Waals surface area contributed by atoms with E-state index < -0.39 is 59.5 Å². The number of methoxy groups -OCH3 is 1. The van der Waals surface area contributed by atoms with Crippen molar-refractivity contribution in [3.8, 4) is 0 Å². The maximum Gasteiger partial charge on any atom is 0.416 e. The van der Waals surface area contributed by atoms with Gasteiger partial charge in [0.2, 0.25) is 0 Å². The van der Waals surface area contributed by atoms with Gasteiger partial charge in [-0.25, -0.2) is 0 Å². The van der Waals surface area contributed by atoms with E-state index in [9.17, 15) is 39.5 Å². The number of hydrogen-bond acceptors (Lipinski definition) is 5. The first-order chi connectivity index (χ1) is 18.9. The summed E-state index contributed by atoms with van der Waals surface area (Å²) in [5.74, 6) is -0.214. The van der Waals surface area contributed by atoms with Crippen molar-refractivity contribution in [3.63, 3.8) is 0 Å². The molecule has 0 radical (unpaired) electrons. The maximum atomic E-state index is 13.7. The van der Waals surface area contributed by atoms with E-state index in [1.807, 2.05) is 0 Å². The molecule has 0 bridgehead atoms. The molecule has 0 N–H and O–H groups in total. The third-order valence-electron chi connectivity index (χ3n) is 7.44. The lowest BCUT2D eigenvalue weighted by Gasteiger charge is -2.43. The zero-order chi connectivity index (χ0) is 30.4. The van der Waals surface area contributed by atoms with Crippen LogP contribution in [-0.2, 0) is 49.0 Å². The van der Waals surface area contributed by atoms with E-state index in [2.05, 4.69) is 15.4 Å². The number of rotatable bonds is 8. The fourth-order valence-electron chi connectivity index (χ4n) is 4.98. The van der Waals surface area contributed by atoms with Gasteiger partial charge < -0.3 is 9.64 Å². The second-order valence-electron chi connectivity index (χ2n) is 10.2. The molecule has 1 aromatic heterocycles. The topological polar surface area (TPSA) is 56.1 Å². The van der Waals surface area contributed by atoms with Gasteiger partial charge in [0.15, 0.2) is 0 Å². The molecule has 0 spiro atoms. The molecule has 224 valence electrons. The minimum atomic E-state index is -5.08. The zero-order valence-corrected chi connectivity index (χ0v) is 22.1. The minimum absolute atomic E-state index is 0.00195. The molecule has 1 atom stereocenters. The molecule has 1 unspecified atom stereocenters. The lowest BCUT2D eigenvalue weighted by atomic mass is 9.69. The fourth-order valence-corrected chi connectivity index (χ4v) is 4.98. The summed E-state index contributed by atoms with van der Waals surface area (Å²) < 4.78 is 128. The van der Waals surface area contributed by atoms with Crippen LogP contribution >= 0.6 is 0 Å². The van der Waals surface area contributed by atoms with Crippen LogP contribution in [0.2, 0.25) is 0 Å². The summed E-state index contributed by atoms with van der Waals surface area (Å²) in [6.45, 7) is 0.756. The van der Waals surface area contributed by atoms with Gasteiger partial charge in [-0.15, -0.1) is 5.10 Å². The molecule has 2 aromatic carbocycles. The van der Waals surface area contributed by atoms with Crippen molar-refractivity contribution in [2.75, 3.05) is 12.0 Å². The van der Waals surface area contributed by atoms with Crippen molar-refractivity contribution in [2.24, 2.45) is 13.0 Å². The molecule has 1 heterocycles. The van der Waals surface area contributed by atoms with Gasteiger partial charge in [0.25, 0.3) is 5.95 Å². The fraction of sp³-hybridized carbons (Fsp3) is 0.500. The average molecular weight is 596 g/mol. The van der Waals surface area contributed by atoms with E-state index in [0.29, 0.717) is 17.7 Å². The molecule has 1 saturated carbocycles. The van der Waals surface area contributed by atoms with Crippen LogP contribution in [0.4, 0.5) is 45.5 Å². The highest BCUT2D eigenvalue weighted by molar-refractivity contribution is 5.43. The van der Waals surface area contributed by atoms with Crippen LogP contribution in [0.15, 0.2) is 36.4 Å². The number of anilines is 1. The normalized spacial score (nSPS) is 16.4. The number of benzene rings is 2. The van der Waals surface area contributed by atoms with E-state index in [-0.39, 0.29) is 23.5 Å². The van der Waals surface area contributed by atoms with Crippen LogP contribution < -0.4 is 4.90 Å². The summed E-state index contributed by atoms with van der Waals surface area (Å²) in [6, 6.07) is 4.23. The zero-order valence-electron chi connectivity index (χ0n) is 22.1. The highest BCUT2D eigenvalue weighted by Crippen LogP contribution is 2.47.